The van der Waals surface area contributed by atoms with Crippen molar-refractivity contribution >= 4 is 17.5 Å². The highest BCUT2D eigenvalue weighted by Gasteiger charge is 2.39. The Morgan fingerprint density at radius 3 is 2.38 bits per heavy atom. The van der Waals surface area contributed by atoms with Gasteiger partial charge in [0.2, 0.25) is 5.91 Å². The summed E-state index contributed by atoms with van der Waals surface area (Å²) in [7, 11) is 1.59. The quantitative estimate of drug-likeness (QED) is 0.339. The number of ether oxygens (including phenoxy) is 2. The number of nitrogens with zero attached hydrogens (tertiary/aromatic N) is 3. The van der Waals surface area contributed by atoms with Crippen molar-refractivity contribution in [3.63, 3.8) is 0 Å². The number of carbonyl (C=O) groups excluding carboxylic acids is 2. The van der Waals surface area contributed by atoms with Gasteiger partial charge in [-0.2, -0.15) is 5.10 Å². The van der Waals surface area contributed by atoms with Gasteiger partial charge in [-0.3, -0.25) is 9.59 Å². The number of amides is 2. The summed E-state index contributed by atoms with van der Waals surface area (Å²) in [5, 5.41) is 7.66. The van der Waals surface area contributed by atoms with E-state index in [-0.39, 0.29) is 23.7 Å². The van der Waals surface area contributed by atoms with Crippen LogP contribution in [-0.2, 0) is 15.1 Å². The normalized spacial score (nSPS) is 14.2. The van der Waals surface area contributed by atoms with Gasteiger partial charge in [0.1, 0.15) is 12.3 Å². The van der Waals surface area contributed by atoms with E-state index in [1.165, 1.54) is 6.07 Å². The maximum absolute atomic E-state index is 12.1. The molecule has 0 atom stereocenters. The van der Waals surface area contributed by atoms with Crippen LogP contribution in [0.25, 0.3) is 28.2 Å². The van der Waals surface area contributed by atoms with Crippen molar-refractivity contribution in [1.82, 2.24) is 19.9 Å². The molecular weight excluding hydrogens is 470 g/mol. The van der Waals surface area contributed by atoms with E-state index >= 15 is 0 Å². The summed E-state index contributed by atoms with van der Waals surface area (Å²) in [6.07, 6.45) is 2.90. The van der Waals surface area contributed by atoms with E-state index in [0.717, 1.165) is 36.0 Å². The largest absolute Gasteiger partial charge is 0.487 e. The Kier molecular flexibility index (Phi) is 6.62. The van der Waals surface area contributed by atoms with Crippen molar-refractivity contribution in [1.29, 1.82) is 0 Å². The third kappa shape index (κ3) is 4.65. The van der Waals surface area contributed by atoms with Gasteiger partial charge >= 0.3 is 0 Å². The number of hydrogen-bond donors (Lipinski definition) is 2. The zero-order valence-electron chi connectivity index (χ0n) is 20.9. The van der Waals surface area contributed by atoms with E-state index < -0.39 is 5.91 Å². The molecule has 0 radical (unpaired) electrons. The number of methoxy groups -OCH3 is 1. The van der Waals surface area contributed by atoms with Crippen LogP contribution in [-0.4, -0.2) is 46.7 Å². The fraction of sp³-hybridized carbons (Fsp3) is 0.286. The van der Waals surface area contributed by atoms with Crippen LogP contribution in [0, 0.1) is 0 Å². The second kappa shape index (κ2) is 10.0. The highest BCUT2D eigenvalue weighted by molar-refractivity contribution is 5.92. The van der Waals surface area contributed by atoms with Gasteiger partial charge in [-0.05, 0) is 24.8 Å². The van der Waals surface area contributed by atoms with Crippen LogP contribution in [0.4, 0.5) is 0 Å². The summed E-state index contributed by atoms with van der Waals surface area (Å²) in [5.41, 5.74) is 10.0. The van der Waals surface area contributed by atoms with Gasteiger partial charge < -0.3 is 20.5 Å². The molecule has 1 fully saturated rings. The van der Waals surface area contributed by atoms with Crippen molar-refractivity contribution in [2.45, 2.75) is 31.7 Å². The second-order valence-corrected chi connectivity index (χ2v) is 9.20. The van der Waals surface area contributed by atoms with Crippen molar-refractivity contribution in [3.8, 4) is 28.3 Å². The minimum Gasteiger partial charge on any atom is -0.487 e. The van der Waals surface area contributed by atoms with Crippen LogP contribution in [0.5, 0.6) is 5.75 Å². The van der Waals surface area contributed by atoms with Gasteiger partial charge in [-0.25, -0.2) is 9.50 Å². The van der Waals surface area contributed by atoms with Gasteiger partial charge in [0.15, 0.2) is 17.1 Å². The molecule has 9 heteroatoms. The Balaban J connectivity index is 1.67. The van der Waals surface area contributed by atoms with Gasteiger partial charge in [0, 0.05) is 31.2 Å². The number of nitrogens with one attached hydrogen (secondary N) is 1. The van der Waals surface area contributed by atoms with E-state index in [0.29, 0.717) is 29.4 Å². The standard InChI is InChI=1S/C28H29N5O4/c1-18(34)31-28(13-6-14-28)21-11-9-19(10-12-21)24-25(20-7-4-3-5-8-20)33-27(30-24)23(37-16-15-36-2)17-22(32-33)26(29)35/h3-5,7-12,17H,6,13-16H2,1-2H3,(H2,29,35)(H,31,34). The summed E-state index contributed by atoms with van der Waals surface area (Å²) in [5.74, 6) is -0.311. The third-order valence-corrected chi connectivity index (χ3v) is 6.73. The third-order valence-electron chi connectivity index (χ3n) is 6.73. The monoisotopic (exact) mass is 499 g/mol. The predicted molar refractivity (Wildman–Crippen MR) is 139 cm³/mol. The maximum atomic E-state index is 12.1. The molecule has 1 saturated carbocycles. The van der Waals surface area contributed by atoms with Gasteiger partial charge in [-0.1, -0.05) is 54.6 Å². The van der Waals surface area contributed by atoms with Gasteiger partial charge in [0.05, 0.1) is 17.8 Å². The minimum absolute atomic E-state index is 0.0344. The van der Waals surface area contributed by atoms with E-state index in [2.05, 4.69) is 10.4 Å². The lowest BCUT2D eigenvalue weighted by Crippen LogP contribution is -2.50. The van der Waals surface area contributed by atoms with Crippen LogP contribution in [0.1, 0.15) is 42.2 Å². The Morgan fingerprint density at radius 1 is 1.05 bits per heavy atom. The highest BCUT2D eigenvalue weighted by Crippen LogP contribution is 2.42. The summed E-state index contributed by atoms with van der Waals surface area (Å²) in [4.78, 5) is 28.9. The number of fused-ring (bicyclic) bond motifs is 1. The summed E-state index contributed by atoms with van der Waals surface area (Å²) >= 11 is 0. The molecule has 5 rings (SSSR count). The lowest BCUT2D eigenvalue weighted by molar-refractivity contribution is -0.122. The molecule has 0 aliphatic heterocycles. The summed E-state index contributed by atoms with van der Waals surface area (Å²) < 4.78 is 12.6. The molecule has 190 valence electrons. The van der Waals surface area contributed by atoms with Crippen LogP contribution in [0.15, 0.2) is 60.7 Å². The van der Waals surface area contributed by atoms with Crippen molar-refractivity contribution < 1.29 is 19.1 Å². The first-order valence-electron chi connectivity index (χ1n) is 12.2. The SMILES string of the molecule is COCCOc1cc(C(N)=O)nn2c(-c3ccccc3)c(-c3ccc(C4(NC(C)=O)CCC4)cc3)nc12. The molecule has 2 aromatic heterocycles. The molecule has 0 unspecified atom stereocenters. The molecule has 2 amide bonds. The average molecular weight is 500 g/mol. The number of benzene rings is 2. The van der Waals surface area contributed by atoms with Gasteiger partial charge in [0.25, 0.3) is 5.91 Å². The zero-order valence-corrected chi connectivity index (χ0v) is 20.9. The Morgan fingerprint density at radius 2 is 1.78 bits per heavy atom. The fourth-order valence-corrected chi connectivity index (χ4v) is 4.81. The van der Waals surface area contributed by atoms with Crippen LogP contribution >= 0.6 is 0 Å². The molecule has 9 nitrogen and oxygen atoms in total. The van der Waals surface area contributed by atoms with Crippen LogP contribution in [0.3, 0.4) is 0 Å². The first kappa shape index (κ1) is 24.5. The molecule has 37 heavy (non-hydrogen) atoms. The predicted octanol–water partition coefficient (Wildman–Crippen LogP) is 3.70. The molecule has 2 heterocycles. The number of nitrogens with two attached hydrogens (primary N) is 1. The first-order chi connectivity index (χ1) is 17.9. The molecule has 1 aliphatic carbocycles. The van der Waals surface area contributed by atoms with Crippen molar-refractivity contribution in [2.75, 3.05) is 20.3 Å². The Hall–Kier alpha value is -4.24. The number of hydrogen-bond acceptors (Lipinski definition) is 6. The van der Waals surface area contributed by atoms with E-state index in [4.69, 9.17) is 20.2 Å². The molecule has 3 N–H and O–H groups in total. The first-order valence-corrected chi connectivity index (χ1v) is 12.2. The zero-order chi connectivity index (χ0) is 26.0. The molecule has 0 bridgehead atoms. The smallest absolute Gasteiger partial charge is 0.269 e. The summed E-state index contributed by atoms with van der Waals surface area (Å²) in [6.45, 7) is 2.20. The molecule has 0 spiro atoms. The van der Waals surface area contributed by atoms with Crippen LogP contribution < -0.4 is 15.8 Å². The van der Waals surface area contributed by atoms with Crippen molar-refractivity contribution in [3.05, 3.63) is 71.9 Å². The number of primary amides is 1. The molecular formula is C28H29N5O4. The van der Waals surface area contributed by atoms with E-state index in [9.17, 15) is 9.59 Å². The van der Waals surface area contributed by atoms with E-state index in [1.54, 1.807) is 18.5 Å². The number of aromatic nitrogens is 3. The lowest BCUT2D eigenvalue weighted by atomic mass is 9.71. The van der Waals surface area contributed by atoms with Crippen molar-refractivity contribution in [2.24, 2.45) is 5.73 Å². The van der Waals surface area contributed by atoms with E-state index in [1.807, 2.05) is 54.6 Å². The Labute approximate surface area is 214 Å². The fourth-order valence-electron chi connectivity index (χ4n) is 4.81. The molecule has 0 saturated heterocycles. The number of imidazole rings is 1. The van der Waals surface area contributed by atoms with Gasteiger partial charge in [-0.15, -0.1) is 0 Å². The Bertz CT molecular complexity index is 1440. The second-order valence-electron chi connectivity index (χ2n) is 9.20. The number of carbonyl (C=O) groups is 2. The molecule has 1 aliphatic rings. The summed E-state index contributed by atoms with van der Waals surface area (Å²) in [6, 6.07) is 19.3. The topological polar surface area (TPSA) is 121 Å². The minimum atomic E-state index is -0.666. The van der Waals surface area contributed by atoms with Crippen LogP contribution in [0.2, 0.25) is 0 Å². The number of rotatable bonds is 9. The lowest BCUT2D eigenvalue weighted by Gasteiger charge is -2.43. The maximum Gasteiger partial charge on any atom is 0.269 e. The molecule has 2 aromatic carbocycles. The molecule has 4 aromatic rings. The highest BCUT2D eigenvalue weighted by atomic mass is 16.5. The average Bonchev–Trinajstić information content (AvgIpc) is 3.26.